The van der Waals surface area contributed by atoms with E-state index in [-0.39, 0.29) is 24.0 Å². The first-order valence-electron chi connectivity index (χ1n) is 8.74. The van der Waals surface area contributed by atoms with Crippen LogP contribution in [0, 0.1) is 0 Å². The highest BCUT2D eigenvalue weighted by Crippen LogP contribution is 2.26. The molecule has 0 bridgehead atoms. The molecule has 1 atom stereocenters. The van der Waals surface area contributed by atoms with Crippen molar-refractivity contribution in [1.82, 2.24) is 4.90 Å². The third kappa shape index (κ3) is 4.39. The van der Waals surface area contributed by atoms with Crippen LogP contribution in [0.2, 0.25) is 0 Å². The molecule has 0 aromatic heterocycles. The van der Waals surface area contributed by atoms with E-state index in [1.807, 2.05) is 24.3 Å². The lowest BCUT2D eigenvalue weighted by Gasteiger charge is -2.30. The van der Waals surface area contributed by atoms with Crippen LogP contribution < -0.4 is 4.74 Å². The summed E-state index contributed by atoms with van der Waals surface area (Å²) in [6, 6.07) is 11.0. The Labute approximate surface area is 166 Å². The van der Waals surface area contributed by atoms with Gasteiger partial charge in [-0.2, -0.15) is 0 Å². The molecule has 148 valence electrons. The van der Waals surface area contributed by atoms with Crippen molar-refractivity contribution in [3.8, 4) is 5.75 Å². The van der Waals surface area contributed by atoms with Crippen molar-refractivity contribution in [2.24, 2.45) is 0 Å². The average molecular weight is 403 g/mol. The van der Waals surface area contributed by atoms with Crippen molar-refractivity contribution in [2.75, 3.05) is 39.7 Å². The zero-order valence-corrected chi connectivity index (χ0v) is 16.5. The second-order valence-corrected chi connectivity index (χ2v) is 7.51. The predicted molar refractivity (Wildman–Crippen MR) is 106 cm³/mol. The molecule has 2 aromatic carbocycles. The molecular formula is C20H21NO6S. The van der Waals surface area contributed by atoms with Gasteiger partial charge in [0.15, 0.2) is 6.61 Å². The summed E-state index contributed by atoms with van der Waals surface area (Å²) in [6.07, 6.45) is 0. The number of carbonyl (C=O) groups excluding carboxylic acids is 3. The van der Waals surface area contributed by atoms with Gasteiger partial charge in [0.25, 0.3) is 5.91 Å². The number of rotatable bonds is 5. The average Bonchev–Trinajstić information content (AvgIpc) is 2.75. The van der Waals surface area contributed by atoms with Gasteiger partial charge in [0, 0.05) is 18.8 Å². The summed E-state index contributed by atoms with van der Waals surface area (Å²) < 4.78 is 15.3. The van der Waals surface area contributed by atoms with Crippen LogP contribution in [0.5, 0.6) is 5.75 Å². The van der Waals surface area contributed by atoms with Crippen molar-refractivity contribution in [1.29, 1.82) is 0 Å². The number of ether oxygens (including phenoxy) is 3. The minimum Gasteiger partial charge on any atom is -0.496 e. The summed E-state index contributed by atoms with van der Waals surface area (Å²) in [5.74, 6) is -0.330. The number of fused-ring (bicyclic) bond motifs is 1. The highest BCUT2D eigenvalue weighted by atomic mass is 32.2. The van der Waals surface area contributed by atoms with E-state index in [1.165, 1.54) is 30.9 Å². The van der Waals surface area contributed by atoms with Gasteiger partial charge in [0.1, 0.15) is 16.6 Å². The van der Waals surface area contributed by atoms with Crippen LogP contribution in [0.1, 0.15) is 10.4 Å². The standard InChI is InChI=1S/C20H21NO6S/c1-25-16-10-14-6-4-3-5-13(14)9-15(16)19(23)27-12-18(22)21-7-8-28-17(11-21)20(24)26-2/h3-6,9-10,17H,7-8,11-12H2,1-2H3/t17-/m1/s1. The fourth-order valence-electron chi connectivity index (χ4n) is 2.99. The van der Waals surface area contributed by atoms with Crippen LogP contribution in [-0.2, 0) is 19.1 Å². The highest BCUT2D eigenvalue weighted by Gasteiger charge is 2.30. The minimum atomic E-state index is -0.633. The van der Waals surface area contributed by atoms with Crippen LogP contribution >= 0.6 is 11.8 Å². The number of carbonyl (C=O) groups is 3. The Balaban J connectivity index is 1.66. The molecule has 8 heteroatoms. The van der Waals surface area contributed by atoms with Gasteiger partial charge in [-0.25, -0.2) is 4.79 Å². The molecule has 2 aromatic rings. The summed E-state index contributed by atoms with van der Waals surface area (Å²) in [4.78, 5) is 38.1. The van der Waals surface area contributed by atoms with Gasteiger partial charge in [0.2, 0.25) is 0 Å². The Hall–Kier alpha value is -2.74. The van der Waals surface area contributed by atoms with Crippen LogP contribution in [0.3, 0.4) is 0 Å². The Morgan fingerprint density at radius 3 is 2.54 bits per heavy atom. The molecule has 1 aliphatic rings. The smallest absolute Gasteiger partial charge is 0.342 e. The van der Waals surface area contributed by atoms with Crippen molar-refractivity contribution >= 4 is 40.4 Å². The number of amides is 1. The number of thioether (sulfide) groups is 1. The molecule has 0 unspecified atom stereocenters. The number of methoxy groups -OCH3 is 2. The SMILES string of the molecule is COC(=O)[C@H]1CN(C(=O)COC(=O)c2cc3ccccc3cc2OC)CCS1. The van der Waals surface area contributed by atoms with E-state index in [4.69, 9.17) is 14.2 Å². The van der Waals surface area contributed by atoms with Crippen LogP contribution in [0.4, 0.5) is 0 Å². The lowest BCUT2D eigenvalue weighted by Crippen LogP contribution is -2.46. The van der Waals surface area contributed by atoms with Gasteiger partial charge < -0.3 is 19.1 Å². The van der Waals surface area contributed by atoms with Gasteiger partial charge in [0.05, 0.1) is 14.2 Å². The molecule has 1 aliphatic heterocycles. The van der Waals surface area contributed by atoms with Gasteiger partial charge >= 0.3 is 11.9 Å². The zero-order valence-electron chi connectivity index (χ0n) is 15.7. The maximum absolute atomic E-state index is 12.5. The first kappa shape index (κ1) is 20.0. The van der Waals surface area contributed by atoms with Gasteiger partial charge in [-0.05, 0) is 22.9 Å². The Kier molecular flexibility index (Phi) is 6.41. The lowest BCUT2D eigenvalue weighted by atomic mass is 10.1. The molecule has 0 spiro atoms. The van der Waals surface area contributed by atoms with Gasteiger partial charge in [-0.15, -0.1) is 11.8 Å². The first-order chi connectivity index (χ1) is 13.5. The molecule has 0 saturated carbocycles. The fraction of sp³-hybridized carbons (Fsp3) is 0.350. The van der Waals surface area contributed by atoms with Crippen LogP contribution in [-0.4, -0.2) is 67.7 Å². The first-order valence-corrected chi connectivity index (χ1v) is 9.79. The second-order valence-electron chi connectivity index (χ2n) is 6.20. The number of esters is 2. The lowest BCUT2D eigenvalue weighted by molar-refractivity contribution is -0.141. The summed E-state index contributed by atoms with van der Waals surface area (Å²) in [6.45, 7) is 0.342. The van der Waals surface area contributed by atoms with E-state index in [0.29, 0.717) is 18.0 Å². The molecule has 7 nitrogen and oxygen atoms in total. The monoisotopic (exact) mass is 403 g/mol. The Morgan fingerprint density at radius 2 is 1.86 bits per heavy atom. The van der Waals surface area contributed by atoms with Crippen molar-refractivity contribution in [3.05, 3.63) is 42.0 Å². The van der Waals surface area contributed by atoms with E-state index in [9.17, 15) is 14.4 Å². The van der Waals surface area contributed by atoms with Crippen LogP contribution in [0.15, 0.2) is 36.4 Å². The van der Waals surface area contributed by atoms with E-state index < -0.39 is 17.8 Å². The fourth-order valence-corrected chi connectivity index (χ4v) is 4.12. The summed E-state index contributed by atoms with van der Waals surface area (Å²) in [5, 5.41) is 1.39. The molecule has 1 amide bonds. The third-order valence-electron chi connectivity index (χ3n) is 4.50. The third-order valence-corrected chi connectivity index (χ3v) is 5.66. The number of benzene rings is 2. The normalized spacial score (nSPS) is 16.5. The van der Waals surface area contributed by atoms with E-state index in [1.54, 1.807) is 12.1 Å². The predicted octanol–water partition coefficient (Wildman–Crippen LogP) is 2.12. The van der Waals surface area contributed by atoms with Crippen molar-refractivity contribution in [3.63, 3.8) is 0 Å². The molecule has 0 radical (unpaired) electrons. The van der Waals surface area contributed by atoms with E-state index >= 15 is 0 Å². The molecule has 0 aliphatic carbocycles. The van der Waals surface area contributed by atoms with Crippen molar-refractivity contribution in [2.45, 2.75) is 5.25 Å². The van der Waals surface area contributed by atoms with E-state index in [0.717, 1.165) is 10.8 Å². The summed E-state index contributed by atoms with van der Waals surface area (Å²) in [7, 11) is 2.80. The number of hydrogen-bond donors (Lipinski definition) is 0. The highest BCUT2D eigenvalue weighted by molar-refractivity contribution is 8.00. The molecule has 1 heterocycles. The number of hydrogen-bond acceptors (Lipinski definition) is 7. The maximum Gasteiger partial charge on any atom is 0.342 e. The second kappa shape index (κ2) is 8.97. The molecule has 3 rings (SSSR count). The molecule has 0 N–H and O–H groups in total. The topological polar surface area (TPSA) is 82.1 Å². The quantitative estimate of drug-likeness (QED) is 0.707. The minimum absolute atomic E-state index is 0.243. The van der Waals surface area contributed by atoms with Gasteiger partial charge in [-0.3, -0.25) is 9.59 Å². The van der Waals surface area contributed by atoms with Gasteiger partial charge in [-0.1, -0.05) is 24.3 Å². The van der Waals surface area contributed by atoms with Crippen molar-refractivity contribution < 1.29 is 28.6 Å². The molecular weight excluding hydrogens is 382 g/mol. The summed E-state index contributed by atoms with van der Waals surface area (Å²) >= 11 is 1.45. The molecule has 1 fully saturated rings. The largest absolute Gasteiger partial charge is 0.496 e. The zero-order chi connectivity index (χ0) is 20.1. The summed E-state index contributed by atoms with van der Waals surface area (Å²) in [5.41, 5.74) is 0.260. The molecule has 1 saturated heterocycles. The van der Waals surface area contributed by atoms with Crippen LogP contribution in [0.25, 0.3) is 10.8 Å². The number of nitrogens with zero attached hydrogens (tertiary/aromatic N) is 1. The Morgan fingerprint density at radius 1 is 1.14 bits per heavy atom. The van der Waals surface area contributed by atoms with E-state index in [2.05, 4.69) is 0 Å². The Bertz CT molecular complexity index is 899. The maximum atomic E-state index is 12.5. The molecule has 28 heavy (non-hydrogen) atoms.